The molecular weight excluding hydrogens is 384 g/mol. The number of Topliss-reactive ketones (excluding diaryl/α,β-unsaturated/α-hetero) is 2. The average molecular weight is 405 g/mol. The summed E-state index contributed by atoms with van der Waals surface area (Å²) in [7, 11) is 0. The molecule has 3 atom stereocenters. The van der Waals surface area contributed by atoms with Crippen LogP contribution < -0.4 is 0 Å². The Morgan fingerprint density at radius 1 is 0.929 bits per heavy atom. The average Bonchev–Trinajstić information content (AvgIpc) is 2.66. The molecule has 0 saturated heterocycles. The van der Waals surface area contributed by atoms with E-state index in [4.69, 9.17) is 11.6 Å². The summed E-state index contributed by atoms with van der Waals surface area (Å²) >= 11 is 5.33. The van der Waals surface area contributed by atoms with Gasteiger partial charge in [0.15, 0.2) is 5.60 Å². The van der Waals surface area contributed by atoms with Gasteiger partial charge in [-0.25, -0.2) is 0 Å². The number of carbonyl (C=O) groups excluding carboxylic acids is 3. The van der Waals surface area contributed by atoms with E-state index in [0.717, 1.165) is 11.1 Å². The van der Waals surface area contributed by atoms with Crippen LogP contribution in [-0.4, -0.2) is 43.8 Å². The maximum absolute atomic E-state index is 12.8. The molecule has 0 bridgehead atoms. The van der Waals surface area contributed by atoms with E-state index in [0.29, 0.717) is 0 Å². The fourth-order valence-electron chi connectivity index (χ4n) is 2.76. The number of aryl methyl sites for hydroxylation is 2. The van der Waals surface area contributed by atoms with Gasteiger partial charge in [-0.15, -0.1) is 0 Å². The molecule has 0 spiro atoms. The van der Waals surface area contributed by atoms with Crippen molar-refractivity contribution in [2.24, 2.45) is 0 Å². The van der Waals surface area contributed by atoms with Crippen molar-refractivity contribution in [1.29, 1.82) is 0 Å². The standard InChI is InChI=1S/C21H21ClO6/c1-12-3-7-14(8-4-12)17(24)18(25)20(27)21(28,11-16(22)23)19(26)15-9-5-13(2)6-10-15/h3-10,17-18,24-25,28H,11H2,1-2H3/t17?,18?,21-/m1/s1. The van der Waals surface area contributed by atoms with Crippen molar-refractivity contribution < 1.29 is 29.7 Å². The molecule has 0 radical (unpaired) electrons. The molecule has 0 amide bonds. The van der Waals surface area contributed by atoms with E-state index in [2.05, 4.69) is 0 Å². The number of halogens is 1. The van der Waals surface area contributed by atoms with Crippen LogP contribution in [0.25, 0.3) is 0 Å². The second kappa shape index (κ2) is 8.75. The van der Waals surface area contributed by atoms with Crippen molar-refractivity contribution in [3.63, 3.8) is 0 Å². The third-order valence-corrected chi connectivity index (χ3v) is 4.61. The van der Waals surface area contributed by atoms with Gasteiger partial charge in [-0.2, -0.15) is 0 Å². The number of hydrogen-bond acceptors (Lipinski definition) is 6. The van der Waals surface area contributed by atoms with Gasteiger partial charge in [0, 0.05) is 5.56 Å². The Balaban J connectivity index is 2.38. The van der Waals surface area contributed by atoms with Crippen LogP contribution in [0.1, 0.15) is 39.6 Å². The van der Waals surface area contributed by atoms with E-state index in [9.17, 15) is 29.7 Å². The molecule has 7 heteroatoms. The Hall–Kier alpha value is -2.38. The van der Waals surface area contributed by atoms with Gasteiger partial charge in [0.25, 0.3) is 0 Å². The minimum Gasteiger partial charge on any atom is -0.385 e. The van der Waals surface area contributed by atoms with E-state index < -0.39 is 41.0 Å². The van der Waals surface area contributed by atoms with Crippen LogP contribution in [-0.2, 0) is 9.59 Å². The van der Waals surface area contributed by atoms with Gasteiger partial charge in [-0.3, -0.25) is 14.4 Å². The summed E-state index contributed by atoms with van der Waals surface area (Å²) < 4.78 is 0. The molecule has 0 fully saturated rings. The first-order valence-corrected chi connectivity index (χ1v) is 8.93. The smallest absolute Gasteiger partial charge is 0.225 e. The SMILES string of the molecule is Cc1ccc(C(=O)[C@](O)(CC(=O)Cl)C(=O)C(O)C(O)c2ccc(C)cc2)cc1. The zero-order valence-corrected chi connectivity index (χ0v) is 16.2. The predicted molar refractivity (Wildman–Crippen MR) is 103 cm³/mol. The summed E-state index contributed by atoms with van der Waals surface area (Å²) in [4.78, 5) is 37.0. The molecule has 2 unspecified atom stereocenters. The Morgan fingerprint density at radius 3 is 1.86 bits per heavy atom. The summed E-state index contributed by atoms with van der Waals surface area (Å²) in [6.45, 7) is 3.61. The van der Waals surface area contributed by atoms with Crippen LogP contribution in [0.3, 0.4) is 0 Å². The van der Waals surface area contributed by atoms with Crippen molar-refractivity contribution in [2.45, 2.75) is 38.1 Å². The van der Waals surface area contributed by atoms with Gasteiger partial charge >= 0.3 is 0 Å². The number of ketones is 2. The van der Waals surface area contributed by atoms with E-state index in [1.54, 1.807) is 31.2 Å². The number of aliphatic hydroxyl groups is 3. The second-order valence-corrected chi connectivity index (χ2v) is 7.17. The number of aliphatic hydroxyl groups excluding tert-OH is 2. The van der Waals surface area contributed by atoms with Crippen LogP contribution in [0.2, 0.25) is 0 Å². The quantitative estimate of drug-likeness (QED) is 0.352. The summed E-state index contributed by atoms with van der Waals surface area (Å²) in [6, 6.07) is 12.3. The highest BCUT2D eigenvalue weighted by Gasteiger charge is 2.49. The first kappa shape index (κ1) is 21.9. The van der Waals surface area contributed by atoms with Crippen molar-refractivity contribution in [2.75, 3.05) is 0 Å². The molecule has 148 valence electrons. The minimum atomic E-state index is -2.90. The predicted octanol–water partition coefficient (Wildman–Crippen LogP) is 2.04. The lowest BCUT2D eigenvalue weighted by molar-refractivity contribution is -0.149. The molecule has 0 saturated carbocycles. The topological polar surface area (TPSA) is 112 Å². The van der Waals surface area contributed by atoms with Crippen LogP contribution in [0.5, 0.6) is 0 Å². The van der Waals surface area contributed by atoms with Crippen LogP contribution >= 0.6 is 11.6 Å². The highest BCUT2D eigenvalue weighted by molar-refractivity contribution is 6.64. The summed E-state index contributed by atoms with van der Waals surface area (Å²) in [5.41, 5.74) is -0.977. The molecule has 2 rings (SSSR count). The van der Waals surface area contributed by atoms with Crippen molar-refractivity contribution in [1.82, 2.24) is 0 Å². The lowest BCUT2D eigenvalue weighted by atomic mass is 9.82. The third kappa shape index (κ3) is 4.72. The first-order valence-electron chi connectivity index (χ1n) is 8.55. The number of hydrogen-bond donors (Lipinski definition) is 3. The molecule has 0 heterocycles. The Morgan fingerprint density at radius 2 is 1.39 bits per heavy atom. The van der Waals surface area contributed by atoms with E-state index in [1.807, 2.05) is 6.92 Å². The van der Waals surface area contributed by atoms with Gasteiger partial charge < -0.3 is 15.3 Å². The highest BCUT2D eigenvalue weighted by atomic mass is 35.5. The van der Waals surface area contributed by atoms with Crippen molar-refractivity contribution in [3.05, 3.63) is 70.8 Å². The van der Waals surface area contributed by atoms with Gasteiger partial charge in [0.2, 0.25) is 16.8 Å². The molecule has 6 nitrogen and oxygen atoms in total. The molecule has 0 aliphatic heterocycles. The summed E-state index contributed by atoms with van der Waals surface area (Å²) in [5.74, 6) is -2.48. The van der Waals surface area contributed by atoms with Gasteiger partial charge in [-0.1, -0.05) is 59.7 Å². The van der Waals surface area contributed by atoms with Crippen LogP contribution in [0, 0.1) is 13.8 Å². The third-order valence-electron chi connectivity index (χ3n) is 4.48. The zero-order chi connectivity index (χ0) is 21.1. The molecule has 3 N–H and O–H groups in total. The molecule has 28 heavy (non-hydrogen) atoms. The largest absolute Gasteiger partial charge is 0.385 e. The molecule has 0 aromatic heterocycles. The normalized spacial score (nSPS) is 15.4. The van der Waals surface area contributed by atoms with E-state index in [-0.39, 0.29) is 11.1 Å². The molecular formula is C21H21ClO6. The summed E-state index contributed by atoms with van der Waals surface area (Å²) in [5, 5.41) is 30.3. The maximum atomic E-state index is 12.8. The number of benzene rings is 2. The fraction of sp³-hybridized carbons (Fsp3) is 0.286. The van der Waals surface area contributed by atoms with E-state index >= 15 is 0 Å². The lowest BCUT2D eigenvalue weighted by Gasteiger charge is -2.28. The van der Waals surface area contributed by atoms with Gasteiger partial charge in [-0.05, 0) is 31.0 Å². The molecule has 2 aromatic rings. The Bertz CT molecular complexity index is 875. The van der Waals surface area contributed by atoms with E-state index in [1.165, 1.54) is 24.3 Å². The van der Waals surface area contributed by atoms with Crippen molar-refractivity contribution >= 4 is 28.4 Å². The summed E-state index contributed by atoms with van der Waals surface area (Å²) in [6.07, 6.45) is -4.87. The van der Waals surface area contributed by atoms with Crippen LogP contribution in [0.15, 0.2) is 48.5 Å². The fourth-order valence-corrected chi connectivity index (χ4v) is 2.95. The van der Waals surface area contributed by atoms with Crippen LogP contribution in [0.4, 0.5) is 0 Å². The Kier molecular flexibility index (Phi) is 6.85. The zero-order valence-electron chi connectivity index (χ0n) is 15.4. The molecule has 2 aromatic carbocycles. The first-order chi connectivity index (χ1) is 13.1. The molecule has 0 aliphatic carbocycles. The molecule has 0 aliphatic rings. The Labute approximate surface area is 167 Å². The monoisotopic (exact) mass is 404 g/mol. The number of carbonyl (C=O) groups is 3. The van der Waals surface area contributed by atoms with Gasteiger partial charge in [0.05, 0.1) is 6.42 Å². The highest BCUT2D eigenvalue weighted by Crippen LogP contribution is 2.27. The minimum absolute atomic E-state index is 0.0311. The lowest BCUT2D eigenvalue weighted by Crippen LogP contribution is -2.53. The van der Waals surface area contributed by atoms with Crippen molar-refractivity contribution in [3.8, 4) is 0 Å². The van der Waals surface area contributed by atoms with Gasteiger partial charge in [0.1, 0.15) is 12.2 Å². The number of rotatable bonds is 8. The second-order valence-electron chi connectivity index (χ2n) is 6.75. The maximum Gasteiger partial charge on any atom is 0.225 e.